The van der Waals surface area contributed by atoms with Crippen LogP contribution >= 0.6 is 0 Å². The molecular formula is C32H41N3O4S. The number of hydrogen-bond acceptors (Lipinski definition) is 4. The predicted octanol–water partition coefficient (Wildman–Crippen LogP) is 4.88. The largest absolute Gasteiger partial charge is 0.350 e. The Kier molecular flexibility index (Phi) is 10.1. The second-order valence-electron chi connectivity index (χ2n) is 11.2. The van der Waals surface area contributed by atoms with Crippen molar-refractivity contribution in [2.75, 3.05) is 17.1 Å². The van der Waals surface area contributed by atoms with Crippen molar-refractivity contribution >= 4 is 27.5 Å². The van der Waals surface area contributed by atoms with E-state index in [1.54, 1.807) is 12.1 Å². The minimum absolute atomic E-state index is 0.160. The van der Waals surface area contributed by atoms with E-state index in [2.05, 4.69) is 5.32 Å². The molecule has 3 aromatic rings. The first-order chi connectivity index (χ1) is 18.8. The summed E-state index contributed by atoms with van der Waals surface area (Å²) in [4.78, 5) is 29.4. The lowest BCUT2D eigenvalue weighted by Gasteiger charge is -2.35. The Balaban J connectivity index is 2.07. The third-order valence-corrected chi connectivity index (χ3v) is 7.82. The zero-order valence-corrected chi connectivity index (χ0v) is 25.2. The number of rotatable bonds is 11. The Morgan fingerprint density at radius 1 is 0.875 bits per heavy atom. The van der Waals surface area contributed by atoms with E-state index in [1.807, 2.05) is 101 Å². The monoisotopic (exact) mass is 563 g/mol. The van der Waals surface area contributed by atoms with E-state index in [-0.39, 0.29) is 18.9 Å². The molecule has 0 aliphatic rings. The Hall–Kier alpha value is -3.65. The van der Waals surface area contributed by atoms with E-state index in [1.165, 1.54) is 4.90 Å². The van der Waals surface area contributed by atoms with Crippen LogP contribution in [0, 0.1) is 6.92 Å². The quantitative estimate of drug-likeness (QED) is 0.360. The summed E-state index contributed by atoms with van der Waals surface area (Å²) < 4.78 is 26.9. The van der Waals surface area contributed by atoms with Gasteiger partial charge in [-0.15, -0.1) is 0 Å². The first kappa shape index (κ1) is 30.9. The van der Waals surface area contributed by atoms with Gasteiger partial charge in [-0.2, -0.15) is 0 Å². The van der Waals surface area contributed by atoms with Crippen molar-refractivity contribution < 1.29 is 18.0 Å². The van der Waals surface area contributed by atoms with Gasteiger partial charge in [-0.3, -0.25) is 13.9 Å². The van der Waals surface area contributed by atoms with Crippen LogP contribution in [0.5, 0.6) is 0 Å². The topological polar surface area (TPSA) is 86.8 Å². The summed E-state index contributed by atoms with van der Waals surface area (Å²) in [5.41, 5.74) is 3.70. The predicted molar refractivity (Wildman–Crippen MR) is 162 cm³/mol. The number of carbonyl (C=O) groups excluding carboxylic acids is 2. The summed E-state index contributed by atoms with van der Waals surface area (Å²) in [6, 6.07) is 23.5. The van der Waals surface area contributed by atoms with Crippen LogP contribution in [-0.2, 0) is 39.0 Å². The van der Waals surface area contributed by atoms with Crippen molar-refractivity contribution in [1.29, 1.82) is 0 Å². The highest BCUT2D eigenvalue weighted by Gasteiger charge is 2.34. The third kappa shape index (κ3) is 8.68. The van der Waals surface area contributed by atoms with Gasteiger partial charge in [-0.25, -0.2) is 8.42 Å². The van der Waals surface area contributed by atoms with Crippen molar-refractivity contribution in [2.24, 2.45) is 0 Å². The second kappa shape index (κ2) is 13.1. The van der Waals surface area contributed by atoms with Gasteiger partial charge in [0.2, 0.25) is 21.8 Å². The summed E-state index contributed by atoms with van der Waals surface area (Å²) >= 11 is 0. The van der Waals surface area contributed by atoms with Crippen LogP contribution in [-0.4, -0.2) is 49.5 Å². The molecule has 0 spiro atoms. The Morgan fingerprint density at radius 3 is 2.02 bits per heavy atom. The number of carbonyl (C=O) groups is 2. The van der Waals surface area contributed by atoms with Crippen LogP contribution in [0.4, 0.5) is 5.69 Å². The average molecular weight is 564 g/mol. The molecule has 1 atom stereocenters. The average Bonchev–Trinajstić information content (AvgIpc) is 2.89. The maximum atomic E-state index is 14.2. The molecule has 214 valence electrons. The molecule has 0 aliphatic heterocycles. The molecule has 0 bridgehead atoms. The van der Waals surface area contributed by atoms with Gasteiger partial charge in [-0.1, -0.05) is 73.7 Å². The molecule has 0 aromatic heterocycles. The van der Waals surface area contributed by atoms with Crippen molar-refractivity contribution in [1.82, 2.24) is 10.2 Å². The fourth-order valence-electron chi connectivity index (χ4n) is 4.49. The van der Waals surface area contributed by atoms with E-state index in [0.29, 0.717) is 5.69 Å². The Bertz CT molecular complexity index is 1400. The molecule has 0 fully saturated rings. The van der Waals surface area contributed by atoms with Gasteiger partial charge >= 0.3 is 0 Å². The SMILES string of the molecule is CCc1ccc(N(CC(=O)N(Cc2ccccc2C)[C@@H](Cc2ccccc2)C(=O)NC(C)(C)C)S(C)(=O)=O)cc1. The molecule has 1 N–H and O–H groups in total. The molecule has 3 aromatic carbocycles. The standard InChI is InChI=1S/C32H41N3O4S/c1-7-25-17-19-28(20-18-25)35(40(6,38)39)23-30(36)34(22-27-16-12-11-13-24(27)2)29(31(37)33-32(3,4)5)21-26-14-9-8-10-15-26/h8-20,29H,7,21-23H2,1-6H3,(H,33,37)/t29-/m0/s1. The number of hydrogen-bond donors (Lipinski definition) is 1. The van der Waals surface area contributed by atoms with Crippen molar-refractivity contribution in [3.05, 3.63) is 101 Å². The van der Waals surface area contributed by atoms with Gasteiger partial charge < -0.3 is 10.2 Å². The van der Waals surface area contributed by atoms with E-state index < -0.39 is 34.1 Å². The maximum Gasteiger partial charge on any atom is 0.244 e. The zero-order chi connectivity index (χ0) is 29.5. The first-order valence-corrected chi connectivity index (χ1v) is 15.4. The number of nitrogens with one attached hydrogen (secondary N) is 1. The Labute approximate surface area is 239 Å². The molecule has 2 amide bonds. The van der Waals surface area contributed by atoms with Crippen molar-refractivity contribution in [3.8, 4) is 0 Å². The van der Waals surface area contributed by atoms with Gasteiger partial charge in [-0.05, 0) is 68.5 Å². The highest BCUT2D eigenvalue weighted by molar-refractivity contribution is 7.92. The molecule has 0 aliphatic carbocycles. The molecule has 8 heteroatoms. The van der Waals surface area contributed by atoms with Gasteiger partial charge in [0.25, 0.3) is 0 Å². The molecule has 0 saturated carbocycles. The highest BCUT2D eigenvalue weighted by atomic mass is 32.2. The summed E-state index contributed by atoms with van der Waals surface area (Å²) in [5, 5.41) is 3.04. The zero-order valence-electron chi connectivity index (χ0n) is 24.3. The van der Waals surface area contributed by atoms with Crippen LogP contribution in [0.2, 0.25) is 0 Å². The van der Waals surface area contributed by atoms with Crippen LogP contribution in [0.15, 0.2) is 78.9 Å². The second-order valence-corrected chi connectivity index (χ2v) is 13.1. The molecule has 0 unspecified atom stereocenters. The van der Waals surface area contributed by atoms with Gasteiger partial charge in [0, 0.05) is 18.5 Å². The summed E-state index contributed by atoms with van der Waals surface area (Å²) in [7, 11) is -3.80. The van der Waals surface area contributed by atoms with E-state index in [4.69, 9.17) is 0 Å². The fraction of sp³-hybridized carbons (Fsp3) is 0.375. The summed E-state index contributed by atoms with van der Waals surface area (Å²) in [5.74, 6) is -0.755. The normalized spacial score (nSPS) is 12.4. The van der Waals surface area contributed by atoms with Gasteiger partial charge in [0.1, 0.15) is 12.6 Å². The number of aryl methyl sites for hydroxylation is 2. The summed E-state index contributed by atoms with van der Waals surface area (Å²) in [6.45, 7) is 9.39. The van der Waals surface area contributed by atoms with Crippen molar-refractivity contribution in [2.45, 2.75) is 65.6 Å². The number of nitrogens with zero attached hydrogens (tertiary/aromatic N) is 2. The van der Waals surface area contributed by atoms with E-state index in [9.17, 15) is 18.0 Å². The minimum Gasteiger partial charge on any atom is -0.350 e. The highest BCUT2D eigenvalue weighted by Crippen LogP contribution is 2.22. The fourth-order valence-corrected chi connectivity index (χ4v) is 5.34. The molecule has 40 heavy (non-hydrogen) atoms. The smallest absolute Gasteiger partial charge is 0.244 e. The summed E-state index contributed by atoms with van der Waals surface area (Å²) in [6.07, 6.45) is 2.18. The number of amides is 2. The molecule has 0 radical (unpaired) electrons. The number of anilines is 1. The van der Waals surface area contributed by atoms with E-state index >= 15 is 0 Å². The molecule has 7 nitrogen and oxygen atoms in total. The lowest BCUT2D eigenvalue weighted by molar-refractivity contribution is -0.140. The van der Waals surface area contributed by atoms with Crippen LogP contribution in [0.3, 0.4) is 0 Å². The number of sulfonamides is 1. The van der Waals surface area contributed by atoms with Crippen molar-refractivity contribution in [3.63, 3.8) is 0 Å². The number of benzene rings is 3. The minimum atomic E-state index is -3.80. The molecule has 0 heterocycles. The van der Waals surface area contributed by atoms with E-state index in [0.717, 1.165) is 39.2 Å². The van der Waals surface area contributed by atoms with Gasteiger partial charge in [0.15, 0.2) is 0 Å². The van der Waals surface area contributed by atoms with Crippen LogP contribution < -0.4 is 9.62 Å². The maximum absolute atomic E-state index is 14.2. The Morgan fingerprint density at radius 2 is 1.48 bits per heavy atom. The lowest BCUT2D eigenvalue weighted by Crippen LogP contribution is -2.56. The first-order valence-electron chi connectivity index (χ1n) is 13.5. The van der Waals surface area contributed by atoms with Crippen LogP contribution in [0.25, 0.3) is 0 Å². The molecule has 3 rings (SSSR count). The third-order valence-electron chi connectivity index (χ3n) is 6.68. The van der Waals surface area contributed by atoms with Gasteiger partial charge in [0.05, 0.1) is 11.9 Å². The lowest BCUT2D eigenvalue weighted by atomic mass is 10.00. The molecule has 0 saturated heterocycles. The molecular weight excluding hydrogens is 522 g/mol. The van der Waals surface area contributed by atoms with Crippen LogP contribution in [0.1, 0.15) is 49.9 Å².